The highest BCUT2D eigenvalue weighted by Crippen LogP contribution is 2.25. The van der Waals surface area contributed by atoms with Crippen LogP contribution in [0.25, 0.3) is 0 Å². The minimum Gasteiger partial charge on any atom is -0.339 e. The number of hydrogen-bond acceptors (Lipinski definition) is 2. The quantitative estimate of drug-likeness (QED) is 0.654. The van der Waals surface area contributed by atoms with Gasteiger partial charge in [-0.25, -0.2) is 0 Å². The topological polar surface area (TPSA) is 49.4 Å². The van der Waals surface area contributed by atoms with E-state index in [1.807, 2.05) is 42.3 Å². The van der Waals surface area contributed by atoms with Gasteiger partial charge in [0.05, 0.1) is 16.8 Å². The molecule has 0 atom stereocenters. The van der Waals surface area contributed by atoms with Crippen LogP contribution in [0.4, 0.5) is 5.69 Å². The van der Waals surface area contributed by atoms with Crippen LogP contribution in [0, 0.1) is 3.57 Å². The molecule has 0 spiro atoms. The number of anilines is 1. The molecule has 0 unspecified atom stereocenters. The number of carbonyl (C=O) groups excluding carboxylic acids is 2. The summed E-state index contributed by atoms with van der Waals surface area (Å²) >= 11 is 2.14. The standard InChI is InChI=1S/C21H23IN2O2/c1-24(15-9-3-2-4-10-15)21(26)17-12-6-8-14-19(17)23-20(25)16-11-5-7-13-18(16)22/h5-8,11-15H,2-4,9-10H2,1H3,(H,23,25). The summed E-state index contributed by atoms with van der Waals surface area (Å²) in [6.07, 6.45) is 5.71. The number of amides is 2. The van der Waals surface area contributed by atoms with Crippen molar-refractivity contribution in [3.8, 4) is 0 Å². The van der Waals surface area contributed by atoms with E-state index in [4.69, 9.17) is 0 Å². The number of hydrogen-bond donors (Lipinski definition) is 1. The normalized spacial score (nSPS) is 14.7. The van der Waals surface area contributed by atoms with Gasteiger partial charge in [0.1, 0.15) is 0 Å². The number of halogens is 1. The number of nitrogens with zero attached hydrogens (tertiary/aromatic N) is 1. The average Bonchev–Trinajstić information content (AvgIpc) is 2.68. The van der Waals surface area contributed by atoms with E-state index in [0.29, 0.717) is 16.8 Å². The van der Waals surface area contributed by atoms with Crippen LogP contribution in [0.1, 0.15) is 52.8 Å². The maximum absolute atomic E-state index is 13.0. The Morgan fingerprint density at radius 1 is 0.962 bits per heavy atom. The van der Waals surface area contributed by atoms with Crippen molar-refractivity contribution in [2.75, 3.05) is 12.4 Å². The van der Waals surface area contributed by atoms with Crippen LogP contribution in [0.15, 0.2) is 48.5 Å². The van der Waals surface area contributed by atoms with E-state index in [0.717, 1.165) is 16.4 Å². The highest BCUT2D eigenvalue weighted by atomic mass is 127. The zero-order valence-corrected chi connectivity index (χ0v) is 17.0. The van der Waals surface area contributed by atoms with E-state index in [1.54, 1.807) is 18.2 Å². The molecular weight excluding hydrogens is 439 g/mol. The molecule has 1 aliphatic carbocycles. The monoisotopic (exact) mass is 462 g/mol. The number of rotatable bonds is 4. The summed E-state index contributed by atoms with van der Waals surface area (Å²) in [6, 6.07) is 14.9. The van der Waals surface area contributed by atoms with Crippen molar-refractivity contribution in [2.24, 2.45) is 0 Å². The van der Waals surface area contributed by atoms with E-state index in [9.17, 15) is 9.59 Å². The van der Waals surface area contributed by atoms with Gasteiger partial charge in [-0.15, -0.1) is 0 Å². The Kier molecular flexibility index (Phi) is 6.29. The molecule has 1 aliphatic rings. The maximum atomic E-state index is 13.0. The highest BCUT2D eigenvalue weighted by molar-refractivity contribution is 14.1. The van der Waals surface area contributed by atoms with Crippen LogP contribution < -0.4 is 5.32 Å². The molecule has 1 saturated carbocycles. The fourth-order valence-corrected chi connectivity index (χ4v) is 4.07. The summed E-state index contributed by atoms with van der Waals surface area (Å²) in [5.74, 6) is -0.230. The molecule has 3 rings (SSSR count). The van der Waals surface area contributed by atoms with Crippen molar-refractivity contribution in [3.05, 3.63) is 63.2 Å². The molecular formula is C21H23IN2O2. The molecule has 2 aromatic rings. The lowest BCUT2D eigenvalue weighted by atomic mass is 9.94. The summed E-state index contributed by atoms with van der Waals surface area (Å²) in [5, 5.41) is 2.92. The third-order valence-corrected chi connectivity index (χ3v) is 5.91. The summed E-state index contributed by atoms with van der Waals surface area (Å²) in [4.78, 5) is 27.5. The molecule has 136 valence electrons. The van der Waals surface area contributed by atoms with E-state index < -0.39 is 0 Å². The summed E-state index contributed by atoms with van der Waals surface area (Å²) in [6.45, 7) is 0. The SMILES string of the molecule is CN(C(=O)c1ccccc1NC(=O)c1ccccc1I)C1CCCCC1. The van der Waals surface area contributed by atoms with E-state index in [2.05, 4.69) is 27.9 Å². The summed E-state index contributed by atoms with van der Waals surface area (Å²) in [7, 11) is 1.87. The van der Waals surface area contributed by atoms with Gasteiger partial charge < -0.3 is 10.2 Å². The Bertz CT molecular complexity index is 800. The summed E-state index contributed by atoms with van der Waals surface area (Å²) < 4.78 is 0.880. The first-order chi connectivity index (χ1) is 12.6. The van der Waals surface area contributed by atoms with Crippen LogP contribution in [0.5, 0.6) is 0 Å². The molecule has 1 fully saturated rings. The fraction of sp³-hybridized carbons (Fsp3) is 0.333. The van der Waals surface area contributed by atoms with E-state index in [-0.39, 0.29) is 17.9 Å². The van der Waals surface area contributed by atoms with Crippen LogP contribution in [0.2, 0.25) is 0 Å². The molecule has 2 aromatic carbocycles. The minimum atomic E-state index is -0.199. The Morgan fingerprint density at radius 2 is 1.58 bits per heavy atom. The van der Waals surface area contributed by atoms with Crippen molar-refractivity contribution in [3.63, 3.8) is 0 Å². The van der Waals surface area contributed by atoms with Crippen molar-refractivity contribution in [1.29, 1.82) is 0 Å². The number of benzene rings is 2. The predicted molar refractivity (Wildman–Crippen MR) is 113 cm³/mol. The zero-order valence-electron chi connectivity index (χ0n) is 14.9. The molecule has 0 radical (unpaired) electrons. The largest absolute Gasteiger partial charge is 0.339 e. The third kappa shape index (κ3) is 4.26. The van der Waals surface area contributed by atoms with Gasteiger partial charge >= 0.3 is 0 Å². The first-order valence-corrected chi connectivity index (χ1v) is 10.1. The molecule has 0 aliphatic heterocycles. The van der Waals surface area contributed by atoms with Crippen LogP contribution in [-0.2, 0) is 0 Å². The lowest BCUT2D eigenvalue weighted by Gasteiger charge is -2.31. The molecule has 4 nitrogen and oxygen atoms in total. The molecule has 1 N–H and O–H groups in total. The maximum Gasteiger partial charge on any atom is 0.256 e. The Morgan fingerprint density at radius 3 is 2.27 bits per heavy atom. The molecule has 0 saturated heterocycles. The Balaban J connectivity index is 1.80. The van der Waals surface area contributed by atoms with Crippen LogP contribution in [0.3, 0.4) is 0 Å². The molecule has 5 heteroatoms. The van der Waals surface area contributed by atoms with Crippen molar-refractivity contribution in [1.82, 2.24) is 4.90 Å². The average molecular weight is 462 g/mol. The third-order valence-electron chi connectivity index (χ3n) is 4.97. The second-order valence-corrected chi connectivity index (χ2v) is 7.85. The smallest absolute Gasteiger partial charge is 0.256 e. The fourth-order valence-electron chi connectivity index (χ4n) is 3.44. The van der Waals surface area contributed by atoms with Gasteiger partial charge in [-0.2, -0.15) is 0 Å². The second-order valence-electron chi connectivity index (χ2n) is 6.69. The van der Waals surface area contributed by atoms with Gasteiger partial charge in [0.2, 0.25) is 0 Å². The highest BCUT2D eigenvalue weighted by Gasteiger charge is 2.25. The predicted octanol–water partition coefficient (Wildman–Crippen LogP) is 4.95. The van der Waals surface area contributed by atoms with Crippen LogP contribution in [-0.4, -0.2) is 29.8 Å². The van der Waals surface area contributed by atoms with Gasteiger partial charge in [-0.1, -0.05) is 43.5 Å². The molecule has 0 heterocycles. The second kappa shape index (κ2) is 8.66. The zero-order chi connectivity index (χ0) is 18.5. The molecule has 0 aromatic heterocycles. The minimum absolute atomic E-state index is 0.0319. The molecule has 0 bridgehead atoms. The lowest BCUT2D eigenvalue weighted by Crippen LogP contribution is -2.38. The Labute approximate surface area is 168 Å². The number of nitrogens with one attached hydrogen (secondary N) is 1. The number of carbonyl (C=O) groups is 2. The van der Waals surface area contributed by atoms with E-state index in [1.165, 1.54) is 19.3 Å². The van der Waals surface area contributed by atoms with Crippen LogP contribution >= 0.6 is 22.6 Å². The van der Waals surface area contributed by atoms with Crippen molar-refractivity contribution >= 4 is 40.1 Å². The first-order valence-electron chi connectivity index (χ1n) is 9.00. The summed E-state index contributed by atoms with van der Waals surface area (Å²) in [5.41, 5.74) is 1.71. The lowest BCUT2D eigenvalue weighted by molar-refractivity contribution is 0.0697. The molecule has 2 amide bonds. The van der Waals surface area contributed by atoms with Gasteiger partial charge in [0.25, 0.3) is 11.8 Å². The first kappa shape index (κ1) is 18.9. The Hall–Kier alpha value is -1.89. The van der Waals surface area contributed by atoms with Gasteiger partial charge in [0, 0.05) is 16.7 Å². The van der Waals surface area contributed by atoms with Crippen molar-refractivity contribution < 1.29 is 9.59 Å². The van der Waals surface area contributed by atoms with Crippen molar-refractivity contribution in [2.45, 2.75) is 38.1 Å². The van der Waals surface area contributed by atoms with E-state index >= 15 is 0 Å². The van der Waals surface area contributed by atoms with Gasteiger partial charge in [-0.3, -0.25) is 9.59 Å². The van der Waals surface area contributed by atoms with Gasteiger partial charge in [-0.05, 0) is 59.7 Å². The molecule has 26 heavy (non-hydrogen) atoms. The van der Waals surface area contributed by atoms with Gasteiger partial charge in [0.15, 0.2) is 0 Å². The number of para-hydroxylation sites is 1.